The molecule has 0 fully saturated rings. The molecule has 0 aliphatic heterocycles. The first-order chi connectivity index (χ1) is 5.83. The van der Waals surface area contributed by atoms with E-state index in [1.807, 2.05) is 25.1 Å². The molecule has 0 amide bonds. The van der Waals surface area contributed by atoms with Crippen molar-refractivity contribution in [1.29, 1.82) is 0 Å². The van der Waals surface area contributed by atoms with Gasteiger partial charge in [0.15, 0.2) is 0 Å². The van der Waals surface area contributed by atoms with Crippen LogP contribution in [0.5, 0.6) is 5.75 Å². The molecule has 3 heteroatoms. The molecule has 1 aromatic rings. The van der Waals surface area contributed by atoms with Gasteiger partial charge in [0.1, 0.15) is 5.75 Å². The van der Waals surface area contributed by atoms with Crippen molar-refractivity contribution < 1.29 is 9.53 Å². The molecule has 0 N–H and O–H groups in total. The van der Waals surface area contributed by atoms with Crippen LogP contribution in [0.3, 0.4) is 0 Å². The Labute approximate surface area is 121 Å². The first-order valence-electron chi connectivity index (χ1n) is 4.08. The average Bonchev–Trinajstić information content (AvgIpc) is 2.06. The molecule has 0 aromatic heterocycles. The molecule has 65 valence electrons. The third-order valence-electron chi connectivity index (χ3n) is 1.43. The second kappa shape index (κ2) is 7.70. The summed E-state index contributed by atoms with van der Waals surface area (Å²) >= 11 is 0. The monoisotopic (exact) mass is 203 g/mol. The summed E-state index contributed by atoms with van der Waals surface area (Å²) < 4.78 is 5.02. The fraction of sp³-hybridized carbons (Fsp3) is 0.300. The smallest absolute Gasteiger partial charge is 0.311 e. The van der Waals surface area contributed by atoms with Crippen molar-refractivity contribution in [2.75, 3.05) is 0 Å². The van der Waals surface area contributed by atoms with E-state index >= 15 is 0 Å². The maximum absolute atomic E-state index is 11.0. The summed E-state index contributed by atoms with van der Waals surface area (Å²) in [6.45, 7) is 1.95. The molecule has 1 rings (SSSR count). The van der Waals surface area contributed by atoms with Crippen molar-refractivity contribution in [3.05, 3.63) is 30.3 Å². The van der Waals surface area contributed by atoms with Gasteiger partial charge in [0.05, 0.1) is 0 Å². The topological polar surface area (TPSA) is 26.3 Å². The van der Waals surface area contributed by atoms with E-state index in [0.717, 1.165) is 6.42 Å². The van der Waals surface area contributed by atoms with Crippen molar-refractivity contribution >= 4 is 57.4 Å². The minimum atomic E-state index is -0.163. The van der Waals surface area contributed by atoms with Crippen molar-refractivity contribution in [2.45, 2.75) is 19.8 Å². The molecule has 0 unspecified atom stereocenters. The largest absolute Gasteiger partial charge is 0.427 e. The number of esters is 1. The number of ether oxygens (including phenoxy) is 1. The van der Waals surface area contributed by atoms with Crippen LogP contribution in [0.4, 0.5) is 0 Å². The van der Waals surface area contributed by atoms with E-state index in [-0.39, 0.29) is 57.4 Å². The number of hydrogen-bond donors (Lipinski definition) is 0. The first-order valence-corrected chi connectivity index (χ1v) is 4.08. The number of carbonyl (C=O) groups excluding carboxylic acids is 1. The second-order valence-electron chi connectivity index (χ2n) is 2.54. The molecular weight excluding hydrogens is 191 g/mol. The quantitative estimate of drug-likeness (QED) is 0.427. The molecule has 0 bridgehead atoms. The molecule has 0 atom stereocenters. The Morgan fingerprint density at radius 1 is 1.31 bits per heavy atom. The third-order valence-corrected chi connectivity index (χ3v) is 1.43. The average molecular weight is 203 g/mol. The number of rotatable bonds is 3. The zero-order chi connectivity index (χ0) is 8.81. The SMILES string of the molecule is CCCC(=O)Oc1ccccc1.[K]. The Kier molecular flexibility index (Phi) is 7.90. The molecule has 0 saturated carbocycles. The van der Waals surface area contributed by atoms with Crippen molar-refractivity contribution in [3.8, 4) is 5.75 Å². The Bertz CT molecular complexity index is 246. The summed E-state index contributed by atoms with van der Waals surface area (Å²) in [5.74, 6) is 0.458. The molecule has 1 radical (unpaired) electrons. The number of carbonyl (C=O) groups is 1. The minimum Gasteiger partial charge on any atom is -0.427 e. The van der Waals surface area contributed by atoms with E-state index in [1.165, 1.54) is 0 Å². The summed E-state index contributed by atoms with van der Waals surface area (Å²) in [7, 11) is 0. The second-order valence-corrected chi connectivity index (χ2v) is 2.54. The van der Waals surface area contributed by atoms with E-state index in [2.05, 4.69) is 0 Å². The number of para-hydroxylation sites is 1. The Balaban J connectivity index is 0.00000144. The Hall–Kier alpha value is 0.326. The van der Waals surface area contributed by atoms with Gasteiger partial charge >= 0.3 is 5.97 Å². The third kappa shape index (κ3) is 5.60. The van der Waals surface area contributed by atoms with E-state index in [9.17, 15) is 4.79 Å². The summed E-state index contributed by atoms with van der Waals surface area (Å²) in [6, 6.07) is 9.11. The Morgan fingerprint density at radius 3 is 2.46 bits per heavy atom. The first kappa shape index (κ1) is 13.3. The van der Waals surface area contributed by atoms with Crippen molar-refractivity contribution in [3.63, 3.8) is 0 Å². The van der Waals surface area contributed by atoms with Gasteiger partial charge in [-0.3, -0.25) is 4.79 Å². The van der Waals surface area contributed by atoms with Gasteiger partial charge in [0.25, 0.3) is 0 Å². The zero-order valence-corrected chi connectivity index (χ0v) is 11.2. The predicted molar refractivity (Wildman–Crippen MR) is 52.7 cm³/mol. The van der Waals surface area contributed by atoms with E-state index in [1.54, 1.807) is 12.1 Å². The standard InChI is InChI=1S/C10H12O2.K/c1-2-6-10(11)12-9-7-4-3-5-8-9;/h3-5,7-8H,2,6H2,1H3;. The summed E-state index contributed by atoms with van der Waals surface area (Å²) in [5, 5.41) is 0. The molecule has 13 heavy (non-hydrogen) atoms. The van der Waals surface area contributed by atoms with Crippen LogP contribution in [-0.2, 0) is 4.79 Å². The van der Waals surface area contributed by atoms with Crippen molar-refractivity contribution in [2.24, 2.45) is 0 Å². The van der Waals surface area contributed by atoms with Gasteiger partial charge in [-0.05, 0) is 18.6 Å². The molecule has 0 aliphatic carbocycles. The van der Waals surface area contributed by atoms with Crippen LogP contribution in [0.1, 0.15) is 19.8 Å². The van der Waals surface area contributed by atoms with Crippen molar-refractivity contribution in [1.82, 2.24) is 0 Å². The normalized spacial score (nSPS) is 8.69. The van der Waals surface area contributed by atoms with Gasteiger partial charge in [0.2, 0.25) is 0 Å². The van der Waals surface area contributed by atoms with Gasteiger partial charge in [-0.15, -0.1) is 0 Å². The zero-order valence-electron chi connectivity index (χ0n) is 8.12. The van der Waals surface area contributed by atoms with Gasteiger partial charge in [-0.25, -0.2) is 0 Å². The molecule has 0 spiro atoms. The summed E-state index contributed by atoms with van der Waals surface area (Å²) in [5.41, 5.74) is 0. The number of benzene rings is 1. The molecular formula is C10H12KO2. The fourth-order valence-corrected chi connectivity index (χ4v) is 0.875. The predicted octanol–water partition coefficient (Wildman–Crippen LogP) is 2.01. The number of hydrogen-bond acceptors (Lipinski definition) is 2. The molecule has 0 aliphatic rings. The van der Waals surface area contributed by atoms with Crippen LogP contribution in [0.2, 0.25) is 0 Å². The minimum absolute atomic E-state index is 0. The van der Waals surface area contributed by atoms with Gasteiger partial charge < -0.3 is 4.74 Å². The maximum atomic E-state index is 11.0. The summed E-state index contributed by atoms with van der Waals surface area (Å²) in [4.78, 5) is 11.0. The summed E-state index contributed by atoms with van der Waals surface area (Å²) in [6.07, 6.45) is 1.31. The van der Waals surface area contributed by atoms with Gasteiger partial charge in [-0.2, -0.15) is 0 Å². The van der Waals surface area contributed by atoms with Crippen LogP contribution >= 0.6 is 0 Å². The van der Waals surface area contributed by atoms with Crippen LogP contribution in [0, 0.1) is 0 Å². The van der Waals surface area contributed by atoms with Crippen LogP contribution in [-0.4, -0.2) is 57.4 Å². The Morgan fingerprint density at radius 2 is 1.92 bits per heavy atom. The van der Waals surface area contributed by atoms with Crippen LogP contribution in [0.25, 0.3) is 0 Å². The van der Waals surface area contributed by atoms with Gasteiger partial charge in [-0.1, -0.05) is 25.1 Å². The van der Waals surface area contributed by atoms with E-state index in [0.29, 0.717) is 12.2 Å². The molecule has 0 heterocycles. The van der Waals surface area contributed by atoms with E-state index < -0.39 is 0 Å². The van der Waals surface area contributed by atoms with Crippen LogP contribution in [0.15, 0.2) is 30.3 Å². The fourth-order valence-electron chi connectivity index (χ4n) is 0.875. The molecule has 2 nitrogen and oxygen atoms in total. The van der Waals surface area contributed by atoms with Gasteiger partial charge in [0, 0.05) is 57.8 Å². The van der Waals surface area contributed by atoms with E-state index in [4.69, 9.17) is 4.74 Å². The molecule has 1 aromatic carbocycles. The maximum Gasteiger partial charge on any atom is 0.311 e. The van der Waals surface area contributed by atoms with Crippen LogP contribution < -0.4 is 4.74 Å². The molecule has 0 saturated heterocycles.